The van der Waals surface area contributed by atoms with Crippen LogP contribution in [0.2, 0.25) is 0 Å². The highest BCUT2D eigenvalue weighted by Crippen LogP contribution is 2.18. The first-order chi connectivity index (χ1) is 8.07. The maximum Gasteiger partial charge on any atom is 0.162 e. The summed E-state index contributed by atoms with van der Waals surface area (Å²) in [5.74, 6) is 0.577. The van der Waals surface area contributed by atoms with Crippen molar-refractivity contribution in [3.8, 4) is 0 Å². The van der Waals surface area contributed by atoms with Crippen LogP contribution in [-0.4, -0.2) is 40.3 Å². The van der Waals surface area contributed by atoms with E-state index in [1.165, 1.54) is 6.20 Å². The first kappa shape index (κ1) is 13.4. The highest BCUT2D eigenvalue weighted by molar-refractivity contribution is 5.99. The lowest BCUT2D eigenvalue weighted by atomic mass is 10.2. The topological polar surface area (TPSA) is 99.1 Å². The normalized spacial score (nSPS) is 10.6. The molecule has 4 N–H and O–H groups in total. The second-order valence-corrected chi connectivity index (χ2v) is 4.05. The molecule has 0 aliphatic carbocycles. The molecule has 1 heterocycles. The molecule has 0 radical (unpaired) electrons. The van der Waals surface area contributed by atoms with Gasteiger partial charge in [-0.3, -0.25) is 5.41 Å². The molecule has 1 aromatic rings. The number of nitrogen functional groups attached to an aromatic ring is 1. The van der Waals surface area contributed by atoms with Gasteiger partial charge in [0, 0.05) is 19.2 Å². The van der Waals surface area contributed by atoms with E-state index in [-0.39, 0.29) is 18.5 Å². The summed E-state index contributed by atoms with van der Waals surface area (Å²) < 4.78 is 0. The number of nitrogens with one attached hydrogen (secondary N) is 1. The maximum atomic E-state index is 8.89. The molecule has 0 fully saturated rings. The van der Waals surface area contributed by atoms with Crippen molar-refractivity contribution in [2.24, 2.45) is 5.73 Å². The molecular formula is C11H19N5O. The molecule has 6 heteroatoms. The van der Waals surface area contributed by atoms with Crippen LogP contribution in [0.15, 0.2) is 12.3 Å². The second kappa shape index (κ2) is 6.15. The Morgan fingerprint density at radius 3 is 2.82 bits per heavy atom. The summed E-state index contributed by atoms with van der Waals surface area (Å²) in [6, 6.07) is 1.88. The van der Waals surface area contributed by atoms with Gasteiger partial charge in [-0.1, -0.05) is 0 Å². The van der Waals surface area contributed by atoms with Gasteiger partial charge >= 0.3 is 0 Å². The Kier molecular flexibility index (Phi) is 4.84. The molecule has 1 rings (SSSR count). The van der Waals surface area contributed by atoms with Crippen molar-refractivity contribution in [1.29, 1.82) is 5.41 Å². The quantitative estimate of drug-likeness (QED) is 0.490. The zero-order chi connectivity index (χ0) is 12.8. The Bertz CT molecular complexity index is 380. The third-order valence-corrected chi connectivity index (χ3v) is 2.44. The first-order valence-electron chi connectivity index (χ1n) is 5.61. The van der Waals surface area contributed by atoms with Crippen LogP contribution in [-0.2, 0) is 0 Å². The lowest BCUT2D eigenvalue weighted by molar-refractivity contribution is 0.288. The van der Waals surface area contributed by atoms with Gasteiger partial charge < -0.3 is 15.7 Å². The Labute approximate surface area is 101 Å². The van der Waals surface area contributed by atoms with Crippen LogP contribution in [0.5, 0.6) is 0 Å². The van der Waals surface area contributed by atoms with Crippen LogP contribution >= 0.6 is 0 Å². The molecule has 94 valence electrons. The van der Waals surface area contributed by atoms with E-state index >= 15 is 0 Å². The predicted octanol–water partition coefficient (Wildman–Crippen LogP) is 0.358. The summed E-state index contributed by atoms with van der Waals surface area (Å²) in [5.41, 5.74) is 6.10. The summed E-state index contributed by atoms with van der Waals surface area (Å²) in [6.45, 7) is 4.83. The standard InChI is InChI=1S/C11H19N5O/c1-8(2)16(6-3-7-17)11-9(10(12)13)4-5-14-15-11/h4-5,8,17H,3,6-7H2,1-2H3,(H3,12,13). The Balaban J connectivity index is 3.04. The average molecular weight is 237 g/mol. The Morgan fingerprint density at radius 1 is 1.59 bits per heavy atom. The number of anilines is 1. The summed E-state index contributed by atoms with van der Waals surface area (Å²) in [5, 5.41) is 24.3. The fourth-order valence-electron chi connectivity index (χ4n) is 1.60. The molecule has 0 aromatic carbocycles. The van der Waals surface area contributed by atoms with Crippen LogP contribution < -0.4 is 10.6 Å². The van der Waals surface area contributed by atoms with Gasteiger partial charge in [-0.15, -0.1) is 5.10 Å². The zero-order valence-corrected chi connectivity index (χ0v) is 10.2. The van der Waals surface area contributed by atoms with Crippen LogP contribution in [0.4, 0.5) is 5.82 Å². The van der Waals surface area contributed by atoms with Gasteiger partial charge in [-0.05, 0) is 26.3 Å². The fraction of sp³-hybridized carbons (Fsp3) is 0.545. The molecule has 0 atom stereocenters. The number of aliphatic hydroxyl groups excluding tert-OH is 1. The van der Waals surface area contributed by atoms with Gasteiger partial charge in [0.1, 0.15) is 5.84 Å². The molecule has 0 saturated heterocycles. The van der Waals surface area contributed by atoms with Gasteiger partial charge in [-0.2, -0.15) is 5.10 Å². The van der Waals surface area contributed by atoms with Crippen LogP contribution in [0.3, 0.4) is 0 Å². The third kappa shape index (κ3) is 3.39. The van der Waals surface area contributed by atoms with Crippen molar-refractivity contribution in [2.75, 3.05) is 18.1 Å². The van der Waals surface area contributed by atoms with Crippen molar-refractivity contribution in [3.63, 3.8) is 0 Å². The Hall–Kier alpha value is -1.69. The molecule has 0 aliphatic rings. The molecule has 0 saturated carbocycles. The van der Waals surface area contributed by atoms with Gasteiger partial charge in [0.25, 0.3) is 0 Å². The number of amidine groups is 1. The molecule has 0 bridgehead atoms. The molecule has 0 aliphatic heterocycles. The van der Waals surface area contributed by atoms with E-state index in [1.54, 1.807) is 6.07 Å². The Morgan fingerprint density at radius 2 is 2.29 bits per heavy atom. The third-order valence-electron chi connectivity index (χ3n) is 2.44. The van der Waals surface area contributed by atoms with Crippen LogP contribution in [0.25, 0.3) is 0 Å². The summed E-state index contributed by atoms with van der Waals surface area (Å²) >= 11 is 0. The second-order valence-electron chi connectivity index (χ2n) is 4.05. The van der Waals surface area contributed by atoms with E-state index in [0.717, 1.165) is 0 Å². The molecule has 17 heavy (non-hydrogen) atoms. The first-order valence-corrected chi connectivity index (χ1v) is 5.61. The lowest BCUT2D eigenvalue weighted by Crippen LogP contribution is -2.35. The van der Waals surface area contributed by atoms with Crippen molar-refractivity contribution in [3.05, 3.63) is 17.8 Å². The van der Waals surface area contributed by atoms with E-state index in [9.17, 15) is 0 Å². The summed E-state index contributed by atoms with van der Waals surface area (Å²) in [6.07, 6.45) is 2.16. The number of hydrogen-bond donors (Lipinski definition) is 3. The van der Waals surface area contributed by atoms with Crippen molar-refractivity contribution in [2.45, 2.75) is 26.3 Å². The van der Waals surface area contributed by atoms with E-state index < -0.39 is 0 Å². The predicted molar refractivity (Wildman–Crippen MR) is 67.2 cm³/mol. The maximum absolute atomic E-state index is 8.89. The highest BCUT2D eigenvalue weighted by Gasteiger charge is 2.17. The average Bonchev–Trinajstić information content (AvgIpc) is 2.29. The van der Waals surface area contributed by atoms with Crippen molar-refractivity contribution >= 4 is 11.7 Å². The number of aromatic nitrogens is 2. The van der Waals surface area contributed by atoms with E-state index in [4.69, 9.17) is 16.2 Å². The van der Waals surface area contributed by atoms with E-state index in [0.29, 0.717) is 24.3 Å². The molecule has 6 nitrogen and oxygen atoms in total. The van der Waals surface area contributed by atoms with E-state index in [2.05, 4.69) is 10.2 Å². The summed E-state index contributed by atoms with van der Waals surface area (Å²) in [4.78, 5) is 1.99. The lowest BCUT2D eigenvalue weighted by Gasteiger charge is -2.28. The molecular weight excluding hydrogens is 218 g/mol. The SMILES string of the molecule is CC(C)N(CCCO)c1nnccc1C(=N)N. The van der Waals surface area contributed by atoms with Gasteiger partial charge in [0.15, 0.2) is 5.82 Å². The summed E-state index contributed by atoms with van der Waals surface area (Å²) in [7, 11) is 0. The minimum absolute atomic E-state index is 0.0236. The van der Waals surface area contributed by atoms with Gasteiger partial charge in [-0.25, -0.2) is 0 Å². The number of aliphatic hydroxyl groups is 1. The zero-order valence-electron chi connectivity index (χ0n) is 10.2. The molecule has 0 unspecified atom stereocenters. The van der Waals surface area contributed by atoms with Crippen LogP contribution in [0.1, 0.15) is 25.8 Å². The fourth-order valence-corrected chi connectivity index (χ4v) is 1.60. The largest absolute Gasteiger partial charge is 0.396 e. The smallest absolute Gasteiger partial charge is 0.162 e. The molecule has 0 spiro atoms. The number of nitrogens with zero attached hydrogens (tertiary/aromatic N) is 3. The molecule has 0 amide bonds. The van der Waals surface area contributed by atoms with Gasteiger partial charge in [0.05, 0.1) is 11.8 Å². The van der Waals surface area contributed by atoms with Crippen LogP contribution in [0, 0.1) is 5.41 Å². The van der Waals surface area contributed by atoms with Gasteiger partial charge in [0.2, 0.25) is 0 Å². The monoisotopic (exact) mass is 237 g/mol. The molecule has 1 aromatic heterocycles. The number of hydrogen-bond acceptors (Lipinski definition) is 5. The van der Waals surface area contributed by atoms with Crippen molar-refractivity contribution in [1.82, 2.24) is 10.2 Å². The minimum atomic E-state index is -0.0236. The number of rotatable bonds is 6. The minimum Gasteiger partial charge on any atom is -0.396 e. The highest BCUT2D eigenvalue weighted by atomic mass is 16.3. The van der Waals surface area contributed by atoms with Crippen molar-refractivity contribution < 1.29 is 5.11 Å². The van der Waals surface area contributed by atoms with E-state index in [1.807, 2.05) is 18.7 Å². The number of nitrogens with two attached hydrogens (primary N) is 1.